The summed E-state index contributed by atoms with van der Waals surface area (Å²) in [4.78, 5) is 11.8. The molecule has 0 amide bonds. The first-order valence-corrected chi connectivity index (χ1v) is 5.40. The highest BCUT2D eigenvalue weighted by Gasteiger charge is 2.38. The first kappa shape index (κ1) is 10.4. The zero-order chi connectivity index (χ0) is 10.9. The molecule has 0 bridgehead atoms. The van der Waals surface area contributed by atoms with E-state index in [9.17, 15) is 4.79 Å². The van der Waals surface area contributed by atoms with Crippen LogP contribution in [0.3, 0.4) is 0 Å². The summed E-state index contributed by atoms with van der Waals surface area (Å²) in [7, 11) is 1.88. The van der Waals surface area contributed by atoms with Gasteiger partial charge in [0.2, 0.25) is 0 Å². The molecule has 0 unspecified atom stereocenters. The quantitative estimate of drug-likeness (QED) is 0.794. The van der Waals surface area contributed by atoms with Gasteiger partial charge in [-0.1, -0.05) is 0 Å². The van der Waals surface area contributed by atoms with Crippen LogP contribution in [-0.4, -0.2) is 21.1 Å². The van der Waals surface area contributed by atoms with E-state index in [4.69, 9.17) is 5.73 Å². The molecular weight excluding hydrogens is 190 g/mol. The molecule has 0 spiro atoms. The number of aromatic nitrogens is 2. The molecule has 4 nitrogen and oxygen atoms in total. The second kappa shape index (κ2) is 3.77. The van der Waals surface area contributed by atoms with Crippen molar-refractivity contribution in [3.8, 4) is 0 Å². The van der Waals surface area contributed by atoms with E-state index in [1.165, 1.54) is 0 Å². The lowest BCUT2D eigenvalue weighted by Gasteiger charge is -2.36. The van der Waals surface area contributed by atoms with Crippen molar-refractivity contribution in [1.29, 1.82) is 0 Å². The van der Waals surface area contributed by atoms with Crippen LogP contribution in [0.25, 0.3) is 0 Å². The van der Waals surface area contributed by atoms with E-state index in [2.05, 4.69) is 5.10 Å². The first-order chi connectivity index (χ1) is 7.10. The fourth-order valence-corrected chi connectivity index (χ4v) is 1.94. The second-order valence-electron chi connectivity index (χ2n) is 4.46. The van der Waals surface area contributed by atoms with Gasteiger partial charge in [-0.25, -0.2) is 0 Å². The molecule has 4 heteroatoms. The van der Waals surface area contributed by atoms with E-state index in [0.29, 0.717) is 6.42 Å². The summed E-state index contributed by atoms with van der Waals surface area (Å²) < 4.78 is 1.75. The van der Waals surface area contributed by atoms with Crippen LogP contribution in [0.5, 0.6) is 0 Å². The smallest absolute Gasteiger partial charge is 0.152 e. The average molecular weight is 207 g/mol. The molecule has 1 heterocycles. The van der Waals surface area contributed by atoms with Gasteiger partial charge < -0.3 is 5.73 Å². The summed E-state index contributed by atoms with van der Waals surface area (Å²) in [5, 5.41) is 4.07. The molecule has 0 radical (unpaired) electrons. The van der Waals surface area contributed by atoms with E-state index in [0.717, 1.165) is 31.2 Å². The number of aryl methyl sites for hydroxylation is 2. The van der Waals surface area contributed by atoms with E-state index in [-0.39, 0.29) is 5.78 Å². The van der Waals surface area contributed by atoms with Gasteiger partial charge in [0.1, 0.15) is 0 Å². The molecule has 2 N–H and O–H groups in total. The fourth-order valence-electron chi connectivity index (χ4n) is 1.94. The predicted octanol–water partition coefficient (Wildman–Crippen LogP) is 0.803. The maximum absolute atomic E-state index is 11.8. The van der Waals surface area contributed by atoms with Gasteiger partial charge in [-0.15, -0.1) is 0 Å². The number of hydrogen-bond donors (Lipinski definition) is 1. The number of hydrogen-bond acceptors (Lipinski definition) is 3. The average Bonchev–Trinajstić information content (AvgIpc) is 2.57. The fraction of sp³-hybridized carbons (Fsp3) is 0.636. The van der Waals surface area contributed by atoms with Crippen molar-refractivity contribution < 1.29 is 4.79 Å². The highest BCUT2D eigenvalue weighted by atomic mass is 16.1. The van der Waals surface area contributed by atoms with Gasteiger partial charge >= 0.3 is 0 Å². The van der Waals surface area contributed by atoms with Crippen LogP contribution in [-0.2, 0) is 18.3 Å². The lowest BCUT2D eigenvalue weighted by molar-refractivity contribution is -0.126. The van der Waals surface area contributed by atoms with Crippen molar-refractivity contribution in [2.75, 3.05) is 0 Å². The summed E-state index contributed by atoms with van der Waals surface area (Å²) in [6.45, 7) is 0. The number of carbonyl (C=O) groups excluding carboxylic acids is 1. The normalized spacial score (nSPS) is 18.5. The minimum absolute atomic E-state index is 0.206. The maximum atomic E-state index is 11.8. The molecule has 1 aromatic rings. The van der Waals surface area contributed by atoms with Crippen LogP contribution in [0.15, 0.2) is 12.4 Å². The Bertz CT molecular complexity index is 366. The summed E-state index contributed by atoms with van der Waals surface area (Å²) >= 11 is 0. The number of rotatable bonds is 4. The summed E-state index contributed by atoms with van der Waals surface area (Å²) in [5.41, 5.74) is 6.55. The Morgan fingerprint density at radius 3 is 2.87 bits per heavy atom. The molecule has 1 fully saturated rings. The number of carbonyl (C=O) groups is 1. The molecule has 1 aromatic heterocycles. The lowest BCUT2D eigenvalue weighted by atomic mass is 9.73. The van der Waals surface area contributed by atoms with Crippen molar-refractivity contribution in [3.63, 3.8) is 0 Å². The minimum Gasteiger partial charge on any atom is -0.319 e. The van der Waals surface area contributed by atoms with Crippen molar-refractivity contribution in [1.82, 2.24) is 9.78 Å². The van der Waals surface area contributed by atoms with Crippen LogP contribution >= 0.6 is 0 Å². The number of ketones is 1. The third-order valence-electron chi connectivity index (χ3n) is 3.20. The van der Waals surface area contributed by atoms with Crippen molar-refractivity contribution in [2.24, 2.45) is 12.8 Å². The van der Waals surface area contributed by atoms with Crippen LogP contribution in [0.2, 0.25) is 0 Å². The topological polar surface area (TPSA) is 60.9 Å². The van der Waals surface area contributed by atoms with Gasteiger partial charge in [-0.3, -0.25) is 9.48 Å². The molecule has 0 saturated heterocycles. The van der Waals surface area contributed by atoms with Gasteiger partial charge in [-0.05, 0) is 31.2 Å². The van der Waals surface area contributed by atoms with Gasteiger partial charge in [0.05, 0.1) is 11.7 Å². The summed E-state index contributed by atoms with van der Waals surface area (Å²) in [6, 6.07) is 0. The zero-order valence-corrected chi connectivity index (χ0v) is 9.07. The molecule has 1 aliphatic rings. The Kier molecular flexibility index (Phi) is 2.61. The molecule has 0 atom stereocenters. The van der Waals surface area contributed by atoms with Gasteiger partial charge in [-0.2, -0.15) is 5.10 Å². The zero-order valence-electron chi connectivity index (χ0n) is 9.07. The van der Waals surface area contributed by atoms with Crippen LogP contribution in [0, 0.1) is 0 Å². The van der Waals surface area contributed by atoms with E-state index in [1.54, 1.807) is 10.9 Å². The van der Waals surface area contributed by atoms with Crippen molar-refractivity contribution in [2.45, 2.75) is 37.6 Å². The van der Waals surface area contributed by atoms with Crippen LogP contribution in [0.4, 0.5) is 0 Å². The number of Topliss-reactive ketones (excluding diaryl/α,β-unsaturated/α-hetero) is 1. The third kappa shape index (κ3) is 2.09. The minimum atomic E-state index is -0.498. The van der Waals surface area contributed by atoms with E-state index >= 15 is 0 Å². The van der Waals surface area contributed by atoms with Crippen LogP contribution < -0.4 is 5.73 Å². The monoisotopic (exact) mass is 207 g/mol. The standard InChI is InChI=1S/C11H17N3O/c1-14-8-9(7-13-14)3-4-10(15)11(12)5-2-6-11/h7-8H,2-6,12H2,1H3. The molecule has 0 aromatic carbocycles. The molecule has 15 heavy (non-hydrogen) atoms. The van der Waals surface area contributed by atoms with E-state index in [1.807, 2.05) is 13.2 Å². The molecule has 0 aliphatic heterocycles. The van der Waals surface area contributed by atoms with Crippen molar-refractivity contribution in [3.05, 3.63) is 18.0 Å². The molecule has 82 valence electrons. The Labute approximate surface area is 89.5 Å². The summed E-state index contributed by atoms with van der Waals surface area (Å²) in [5.74, 6) is 0.206. The molecule has 2 rings (SSSR count). The third-order valence-corrected chi connectivity index (χ3v) is 3.20. The van der Waals surface area contributed by atoms with Gasteiger partial charge in [0, 0.05) is 19.7 Å². The SMILES string of the molecule is Cn1cc(CCC(=O)C2(N)CCC2)cn1. The number of nitrogens with two attached hydrogens (primary N) is 1. The molecule has 1 saturated carbocycles. The van der Waals surface area contributed by atoms with E-state index < -0.39 is 5.54 Å². The van der Waals surface area contributed by atoms with Crippen molar-refractivity contribution >= 4 is 5.78 Å². The Morgan fingerprint density at radius 2 is 2.40 bits per heavy atom. The van der Waals surface area contributed by atoms with Gasteiger partial charge in [0.15, 0.2) is 5.78 Å². The predicted molar refractivity (Wildman–Crippen MR) is 57.3 cm³/mol. The lowest BCUT2D eigenvalue weighted by Crippen LogP contribution is -2.53. The maximum Gasteiger partial charge on any atom is 0.152 e. The number of nitrogens with zero attached hydrogens (tertiary/aromatic N) is 2. The van der Waals surface area contributed by atoms with Crippen LogP contribution in [0.1, 0.15) is 31.2 Å². The second-order valence-corrected chi connectivity index (χ2v) is 4.46. The largest absolute Gasteiger partial charge is 0.319 e. The molecular formula is C11H17N3O. The highest BCUT2D eigenvalue weighted by Crippen LogP contribution is 2.31. The molecule has 1 aliphatic carbocycles. The summed E-state index contributed by atoms with van der Waals surface area (Å²) in [6.07, 6.45) is 7.86. The van der Waals surface area contributed by atoms with Gasteiger partial charge in [0.25, 0.3) is 0 Å². The first-order valence-electron chi connectivity index (χ1n) is 5.40. The Morgan fingerprint density at radius 1 is 1.67 bits per heavy atom. The highest BCUT2D eigenvalue weighted by molar-refractivity contribution is 5.89. The Hall–Kier alpha value is -1.16. The Balaban J connectivity index is 1.85.